The molecule has 0 aliphatic heterocycles. The number of hydrazine groups is 1. The molecule has 0 unspecified atom stereocenters. The molecule has 0 radical (unpaired) electrons. The minimum atomic E-state index is -0.388. The van der Waals surface area contributed by atoms with E-state index in [1.807, 2.05) is 6.92 Å². The molecule has 7 heteroatoms. The smallest absolute Gasteiger partial charge is 0.269 e. The van der Waals surface area contributed by atoms with Crippen LogP contribution in [0.15, 0.2) is 48.5 Å². The number of hydrogen-bond donors (Lipinski definition) is 2. The lowest BCUT2D eigenvalue weighted by Crippen LogP contribution is -2.41. The van der Waals surface area contributed by atoms with E-state index in [2.05, 4.69) is 10.9 Å². The van der Waals surface area contributed by atoms with Gasteiger partial charge in [-0.05, 0) is 61.9 Å². The Hall–Kier alpha value is -3.22. The predicted octanol–water partition coefficient (Wildman–Crippen LogP) is 2.71. The normalized spacial score (nSPS) is 10.0. The average molecular weight is 372 g/mol. The summed E-state index contributed by atoms with van der Waals surface area (Å²) < 4.78 is 15.9. The van der Waals surface area contributed by atoms with Crippen LogP contribution in [0.2, 0.25) is 0 Å². The van der Waals surface area contributed by atoms with E-state index in [9.17, 15) is 9.59 Å². The van der Waals surface area contributed by atoms with Gasteiger partial charge in [0, 0.05) is 12.0 Å². The SMILES string of the molecule is CCOc1ccc(C(=O)NNC(=O)CCCOc2ccc(OC)cc2)cc1. The lowest BCUT2D eigenvalue weighted by molar-refractivity contribution is -0.122. The maximum atomic E-state index is 12.0. The van der Waals surface area contributed by atoms with Crippen LogP contribution in [-0.4, -0.2) is 32.1 Å². The highest BCUT2D eigenvalue weighted by atomic mass is 16.5. The van der Waals surface area contributed by atoms with Gasteiger partial charge in [-0.1, -0.05) is 0 Å². The molecule has 0 aliphatic carbocycles. The zero-order valence-corrected chi connectivity index (χ0v) is 15.5. The Kier molecular flexibility index (Phi) is 7.96. The third kappa shape index (κ3) is 6.89. The lowest BCUT2D eigenvalue weighted by Gasteiger charge is -2.09. The third-order valence-corrected chi connectivity index (χ3v) is 3.62. The van der Waals surface area contributed by atoms with Crippen molar-refractivity contribution in [1.82, 2.24) is 10.9 Å². The van der Waals surface area contributed by atoms with Crippen LogP contribution in [-0.2, 0) is 4.79 Å². The Morgan fingerprint density at radius 1 is 0.852 bits per heavy atom. The van der Waals surface area contributed by atoms with Crippen molar-refractivity contribution in [2.45, 2.75) is 19.8 Å². The zero-order chi connectivity index (χ0) is 19.5. The molecule has 0 heterocycles. The van der Waals surface area contributed by atoms with Crippen molar-refractivity contribution < 1.29 is 23.8 Å². The first-order valence-corrected chi connectivity index (χ1v) is 8.71. The van der Waals surface area contributed by atoms with Gasteiger partial charge in [-0.25, -0.2) is 0 Å². The first-order valence-electron chi connectivity index (χ1n) is 8.71. The van der Waals surface area contributed by atoms with Gasteiger partial charge in [0.15, 0.2) is 0 Å². The van der Waals surface area contributed by atoms with E-state index < -0.39 is 0 Å². The van der Waals surface area contributed by atoms with Gasteiger partial charge in [0.2, 0.25) is 5.91 Å². The summed E-state index contributed by atoms with van der Waals surface area (Å²) in [6.07, 6.45) is 0.760. The summed E-state index contributed by atoms with van der Waals surface area (Å²) in [5, 5.41) is 0. The van der Waals surface area contributed by atoms with E-state index in [4.69, 9.17) is 14.2 Å². The van der Waals surface area contributed by atoms with Crippen LogP contribution < -0.4 is 25.1 Å². The summed E-state index contributed by atoms with van der Waals surface area (Å²) >= 11 is 0. The van der Waals surface area contributed by atoms with Crippen molar-refractivity contribution in [3.63, 3.8) is 0 Å². The molecule has 2 N–H and O–H groups in total. The second-order valence-corrected chi connectivity index (χ2v) is 5.59. The maximum Gasteiger partial charge on any atom is 0.269 e. The quantitative estimate of drug-likeness (QED) is 0.522. The summed E-state index contributed by atoms with van der Waals surface area (Å²) in [4.78, 5) is 23.8. The van der Waals surface area contributed by atoms with Gasteiger partial charge in [0.25, 0.3) is 5.91 Å². The summed E-state index contributed by atoms with van der Waals surface area (Å²) in [7, 11) is 1.60. The largest absolute Gasteiger partial charge is 0.497 e. The number of amides is 2. The molecular weight excluding hydrogens is 348 g/mol. The topological polar surface area (TPSA) is 85.9 Å². The number of hydrogen-bond acceptors (Lipinski definition) is 5. The van der Waals surface area contributed by atoms with E-state index in [0.717, 1.165) is 5.75 Å². The summed E-state index contributed by atoms with van der Waals surface area (Å²) in [6.45, 7) is 2.84. The first-order chi connectivity index (χ1) is 13.1. The van der Waals surface area contributed by atoms with E-state index in [1.54, 1.807) is 55.6 Å². The average Bonchev–Trinajstić information content (AvgIpc) is 2.70. The zero-order valence-electron chi connectivity index (χ0n) is 15.5. The standard InChI is InChI=1S/C20H24N2O5/c1-3-26-17-8-6-15(7-9-17)20(24)22-21-19(23)5-4-14-27-18-12-10-16(25-2)11-13-18/h6-13H,3-5,14H2,1-2H3,(H,21,23)(H,22,24). The molecular formula is C20H24N2O5. The Balaban J connectivity index is 1.64. The number of carbonyl (C=O) groups is 2. The summed E-state index contributed by atoms with van der Waals surface area (Å²) in [5.74, 6) is 1.48. The fourth-order valence-electron chi connectivity index (χ4n) is 2.23. The number of carbonyl (C=O) groups excluding carboxylic acids is 2. The number of rotatable bonds is 9. The van der Waals surface area contributed by atoms with Gasteiger partial charge in [0.05, 0.1) is 20.3 Å². The molecule has 7 nitrogen and oxygen atoms in total. The van der Waals surface area contributed by atoms with Crippen LogP contribution in [0.4, 0.5) is 0 Å². The molecule has 2 aromatic rings. The highest BCUT2D eigenvalue weighted by Crippen LogP contribution is 2.17. The molecule has 0 spiro atoms. The van der Waals surface area contributed by atoms with Crippen LogP contribution in [0.1, 0.15) is 30.1 Å². The molecule has 27 heavy (non-hydrogen) atoms. The van der Waals surface area contributed by atoms with Crippen molar-refractivity contribution >= 4 is 11.8 Å². The third-order valence-electron chi connectivity index (χ3n) is 3.62. The molecule has 0 fully saturated rings. The Morgan fingerprint density at radius 2 is 1.44 bits per heavy atom. The van der Waals surface area contributed by atoms with Gasteiger partial charge < -0.3 is 14.2 Å². The van der Waals surface area contributed by atoms with E-state index in [0.29, 0.717) is 36.7 Å². The molecule has 0 atom stereocenters. The van der Waals surface area contributed by atoms with Crippen LogP contribution in [0.5, 0.6) is 17.2 Å². The summed E-state index contributed by atoms with van der Waals surface area (Å²) in [6, 6.07) is 13.9. The van der Waals surface area contributed by atoms with Gasteiger partial charge in [-0.2, -0.15) is 0 Å². The van der Waals surface area contributed by atoms with Crippen LogP contribution in [0, 0.1) is 0 Å². The van der Waals surface area contributed by atoms with Crippen LogP contribution in [0.25, 0.3) is 0 Å². The molecule has 2 aromatic carbocycles. The van der Waals surface area contributed by atoms with Gasteiger partial charge in [-0.3, -0.25) is 20.4 Å². The van der Waals surface area contributed by atoms with Crippen molar-refractivity contribution in [3.8, 4) is 17.2 Å². The number of benzene rings is 2. The lowest BCUT2D eigenvalue weighted by atomic mass is 10.2. The van der Waals surface area contributed by atoms with Gasteiger partial charge in [0.1, 0.15) is 17.2 Å². The fraction of sp³-hybridized carbons (Fsp3) is 0.300. The second kappa shape index (κ2) is 10.7. The van der Waals surface area contributed by atoms with Crippen LogP contribution >= 0.6 is 0 Å². The fourth-order valence-corrected chi connectivity index (χ4v) is 2.23. The molecule has 0 aliphatic rings. The number of ether oxygens (including phenoxy) is 3. The second-order valence-electron chi connectivity index (χ2n) is 5.59. The molecule has 0 saturated carbocycles. The minimum Gasteiger partial charge on any atom is -0.497 e. The molecule has 0 saturated heterocycles. The predicted molar refractivity (Wildman–Crippen MR) is 101 cm³/mol. The highest BCUT2D eigenvalue weighted by molar-refractivity contribution is 5.95. The monoisotopic (exact) mass is 372 g/mol. The van der Waals surface area contributed by atoms with Crippen LogP contribution in [0.3, 0.4) is 0 Å². The van der Waals surface area contributed by atoms with E-state index in [1.165, 1.54) is 0 Å². The van der Waals surface area contributed by atoms with Gasteiger partial charge >= 0.3 is 0 Å². The van der Waals surface area contributed by atoms with Crippen molar-refractivity contribution in [2.24, 2.45) is 0 Å². The number of methoxy groups -OCH3 is 1. The molecule has 2 rings (SSSR count). The minimum absolute atomic E-state index is 0.236. The van der Waals surface area contributed by atoms with Crippen molar-refractivity contribution in [3.05, 3.63) is 54.1 Å². The highest BCUT2D eigenvalue weighted by Gasteiger charge is 2.07. The maximum absolute atomic E-state index is 12.0. The Morgan fingerprint density at radius 3 is 2.07 bits per heavy atom. The molecule has 144 valence electrons. The first kappa shape index (κ1) is 20.1. The summed E-state index contributed by atoms with van der Waals surface area (Å²) in [5.41, 5.74) is 5.21. The van der Waals surface area contributed by atoms with Crippen molar-refractivity contribution in [1.29, 1.82) is 0 Å². The Bertz CT molecular complexity index is 729. The number of nitrogens with one attached hydrogen (secondary N) is 2. The Labute approximate surface area is 158 Å². The molecule has 2 amide bonds. The van der Waals surface area contributed by atoms with Crippen molar-refractivity contribution in [2.75, 3.05) is 20.3 Å². The van der Waals surface area contributed by atoms with E-state index in [-0.39, 0.29) is 18.2 Å². The van der Waals surface area contributed by atoms with E-state index >= 15 is 0 Å². The molecule has 0 bridgehead atoms. The van der Waals surface area contributed by atoms with Gasteiger partial charge in [-0.15, -0.1) is 0 Å². The molecule has 0 aromatic heterocycles.